The lowest BCUT2D eigenvalue weighted by atomic mass is 9.92. The molecular formula is C24H22N2O3. The van der Waals surface area contributed by atoms with Crippen LogP contribution in [0, 0.1) is 13.8 Å². The second-order valence-electron chi connectivity index (χ2n) is 7.44. The number of rotatable bonds is 3. The second kappa shape index (κ2) is 7.51. The van der Waals surface area contributed by atoms with E-state index < -0.39 is 11.5 Å². The number of aromatic nitrogens is 1. The Morgan fingerprint density at radius 2 is 1.72 bits per heavy atom. The molecule has 1 heterocycles. The highest BCUT2D eigenvalue weighted by molar-refractivity contribution is 6.07. The van der Waals surface area contributed by atoms with E-state index in [0.29, 0.717) is 41.9 Å². The highest BCUT2D eigenvalue weighted by Crippen LogP contribution is 2.24. The molecule has 5 heteroatoms. The van der Waals surface area contributed by atoms with Crippen LogP contribution in [-0.4, -0.2) is 16.3 Å². The first kappa shape index (κ1) is 18.9. The third-order valence-corrected chi connectivity index (χ3v) is 5.31. The molecule has 4 rings (SSSR count). The van der Waals surface area contributed by atoms with Crippen molar-refractivity contribution >= 4 is 17.4 Å². The average molecular weight is 386 g/mol. The topological polar surface area (TPSA) is 68.2 Å². The van der Waals surface area contributed by atoms with E-state index in [-0.39, 0.29) is 11.3 Å². The fourth-order valence-corrected chi connectivity index (χ4v) is 3.85. The van der Waals surface area contributed by atoms with Crippen LogP contribution in [0.5, 0.6) is 0 Å². The number of fused-ring (bicyclic) bond motifs is 1. The summed E-state index contributed by atoms with van der Waals surface area (Å²) in [5.41, 5.74) is 4.02. The summed E-state index contributed by atoms with van der Waals surface area (Å²) in [7, 11) is 0. The maximum atomic E-state index is 13.3. The summed E-state index contributed by atoms with van der Waals surface area (Å²) >= 11 is 0. The summed E-state index contributed by atoms with van der Waals surface area (Å²) in [5, 5.41) is 2.83. The molecule has 29 heavy (non-hydrogen) atoms. The summed E-state index contributed by atoms with van der Waals surface area (Å²) in [6.45, 7) is 3.88. The van der Waals surface area contributed by atoms with Gasteiger partial charge >= 0.3 is 0 Å². The van der Waals surface area contributed by atoms with E-state index in [2.05, 4.69) is 5.32 Å². The number of pyridine rings is 1. The van der Waals surface area contributed by atoms with Crippen molar-refractivity contribution in [1.82, 2.24) is 4.57 Å². The number of carbonyl (C=O) groups is 2. The number of amides is 1. The van der Waals surface area contributed by atoms with Crippen molar-refractivity contribution in [2.75, 3.05) is 5.32 Å². The molecule has 0 bridgehead atoms. The molecule has 0 unspecified atom stereocenters. The van der Waals surface area contributed by atoms with Gasteiger partial charge < -0.3 is 5.32 Å². The summed E-state index contributed by atoms with van der Waals surface area (Å²) in [4.78, 5) is 38.9. The number of Topliss-reactive ketones (excluding diaryl/α,β-unsaturated/α-hetero) is 1. The molecule has 1 aromatic heterocycles. The van der Waals surface area contributed by atoms with Gasteiger partial charge in [0.1, 0.15) is 5.56 Å². The molecule has 0 aliphatic heterocycles. The van der Waals surface area contributed by atoms with E-state index in [4.69, 9.17) is 0 Å². The molecule has 2 aromatic carbocycles. The van der Waals surface area contributed by atoms with Gasteiger partial charge in [-0.1, -0.05) is 35.9 Å². The number of benzene rings is 2. The molecule has 0 spiro atoms. The van der Waals surface area contributed by atoms with Crippen molar-refractivity contribution in [3.8, 4) is 5.69 Å². The van der Waals surface area contributed by atoms with E-state index in [9.17, 15) is 14.4 Å². The van der Waals surface area contributed by atoms with Gasteiger partial charge in [-0.2, -0.15) is 0 Å². The largest absolute Gasteiger partial charge is 0.322 e. The zero-order valence-electron chi connectivity index (χ0n) is 16.5. The number of ketones is 1. The zero-order chi connectivity index (χ0) is 20.5. The van der Waals surface area contributed by atoms with Crippen molar-refractivity contribution in [2.45, 2.75) is 33.1 Å². The molecule has 0 saturated heterocycles. The van der Waals surface area contributed by atoms with Crippen LogP contribution in [-0.2, 0) is 6.42 Å². The molecule has 0 atom stereocenters. The van der Waals surface area contributed by atoms with Crippen LogP contribution in [0.2, 0.25) is 0 Å². The predicted molar refractivity (Wildman–Crippen MR) is 113 cm³/mol. The molecule has 0 fully saturated rings. The number of hydrogen-bond acceptors (Lipinski definition) is 3. The smallest absolute Gasteiger partial charge is 0.268 e. The van der Waals surface area contributed by atoms with Gasteiger partial charge in [-0.05, 0) is 56.5 Å². The highest BCUT2D eigenvalue weighted by atomic mass is 16.2. The summed E-state index contributed by atoms with van der Waals surface area (Å²) < 4.78 is 1.52. The molecule has 1 N–H and O–H groups in total. The Kier molecular flexibility index (Phi) is 4.89. The maximum absolute atomic E-state index is 13.3. The van der Waals surface area contributed by atoms with Crippen molar-refractivity contribution in [1.29, 1.82) is 0 Å². The third-order valence-electron chi connectivity index (χ3n) is 5.31. The second-order valence-corrected chi connectivity index (χ2v) is 7.44. The first-order chi connectivity index (χ1) is 14.0. The molecule has 1 aliphatic rings. The molecule has 5 nitrogen and oxygen atoms in total. The number of anilines is 1. The van der Waals surface area contributed by atoms with Gasteiger partial charge in [0.05, 0.1) is 0 Å². The van der Waals surface area contributed by atoms with Crippen molar-refractivity contribution < 1.29 is 9.59 Å². The molecule has 3 aromatic rings. The lowest BCUT2D eigenvalue weighted by molar-refractivity contribution is 0.0971. The quantitative estimate of drug-likeness (QED) is 0.733. The highest BCUT2D eigenvalue weighted by Gasteiger charge is 2.26. The van der Waals surface area contributed by atoms with Crippen LogP contribution in [0.25, 0.3) is 5.69 Å². The number of nitrogens with one attached hydrogen (secondary N) is 1. The van der Waals surface area contributed by atoms with Gasteiger partial charge in [-0.25, -0.2) is 0 Å². The Hall–Kier alpha value is -3.47. The van der Waals surface area contributed by atoms with E-state index in [1.165, 1.54) is 10.6 Å². The first-order valence-corrected chi connectivity index (χ1v) is 9.72. The average Bonchev–Trinajstić information content (AvgIpc) is 2.70. The summed E-state index contributed by atoms with van der Waals surface area (Å²) in [5.74, 6) is -0.538. The third kappa shape index (κ3) is 3.51. The van der Waals surface area contributed by atoms with Crippen LogP contribution in [0.1, 0.15) is 50.4 Å². The standard InChI is InChI=1S/C24H22N2O3/c1-15-11-12-20(16(2)13-15)25-23(28)19-14-18-21(9-6-10-22(18)27)26(24(19)29)17-7-4-3-5-8-17/h3-5,7-8,11-14H,6,9-10H2,1-2H3,(H,25,28). The summed E-state index contributed by atoms with van der Waals surface area (Å²) in [6, 6.07) is 16.3. The van der Waals surface area contributed by atoms with Crippen LogP contribution < -0.4 is 10.9 Å². The Bertz CT molecular complexity index is 1180. The molecule has 1 amide bonds. The minimum atomic E-state index is -0.507. The SMILES string of the molecule is Cc1ccc(NC(=O)c2cc3c(n(-c4ccccc4)c2=O)CCCC3=O)c(C)c1. The molecular weight excluding hydrogens is 364 g/mol. The Balaban J connectivity index is 1.85. The molecule has 1 aliphatic carbocycles. The van der Waals surface area contributed by atoms with Gasteiger partial charge in [0.15, 0.2) is 5.78 Å². The van der Waals surface area contributed by atoms with Gasteiger partial charge in [0, 0.05) is 29.1 Å². The molecule has 0 radical (unpaired) electrons. The monoisotopic (exact) mass is 386 g/mol. The maximum Gasteiger partial charge on any atom is 0.268 e. The van der Waals surface area contributed by atoms with E-state index >= 15 is 0 Å². The minimum absolute atomic E-state index is 0.0252. The van der Waals surface area contributed by atoms with Crippen LogP contribution in [0.3, 0.4) is 0 Å². The van der Waals surface area contributed by atoms with Crippen LogP contribution in [0.15, 0.2) is 59.4 Å². The fraction of sp³-hybridized carbons (Fsp3) is 0.208. The molecule has 146 valence electrons. The Morgan fingerprint density at radius 3 is 2.45 bits per heavy atom. The first-order valence-electron chi connectivity index (χ1n) is 9.72. The van der Waals surface area contributed by atoms with E-state index in [1.54, 1.807) is 0 Å². The normalized spacial score (nSPS) is 13.1. The number of nitrogens with zero attached hydrogens (tertiary/aromatic N) is 1. The van der Waals surface area contributed by atoms with E-state index in [0.717, 1.165) is 11.1 Å². The predicted octanol–water partition coefficient (Wildman–Crippen LogP) is 4.23. The van der Waals surface area contributed by atoms with E-state index in [1.807, 2.05) is 62.4 Å². The Labute approximate surface area is 169 Å². The Morgan fingerprint density at radius 1 is 0.966 bits per heavy atom. The molecule has 0 saturated carbocycles. The summed E-state index contributed by atoms with van der Waals surface area (Å²) in [6.07, 6.45) is 1.76. The lowest BCUT2D eigenvalue weighted by Crippen LogP contribution is -2.33. The van der Waals surface area contributed by atoms with Crippen molar-refractivity contribution in [3.05, 3.63) is 92.9 Å². The minimum Gasteiger partial charge on any atom is -0.322 e. The number of para-hydroxylation sites is 1. The van der Waals surface area contributed by atoms with Gasteiger partial charge in [0.25, 0.3) is 11.5 Å². The van der Waals surface area contributed by atoms with Crippen LogP contribution in [0.4, 0.5) is 5.69 Å². The van der Waals surface area contributed by atoms with Crippen molar-refractivity contribution in [2.24, 2.45) is 0 Å². The number of aryl methyl sites for hydroxylation is 2. The number of carbonyl (C=O) groups excluding carboxylic acids is 2. The lowest BCUT2D eigenvalue weighted by Gasteiger charge is -2.21. The number of hydrogen-bond donors (Lipinski definition) is 1. The van der Waals surface area contributed by atoms with Crippen molar-refractivity contribution in [3.63, 3.8) is 0 Å². The zero-order valence-corrected chi connectivity index (χ0v) is 16.5. The van der Waals surface area contributed by atoms with Gasteiger partial charge in [-0.3, -0.25) is 19.0 Å². The fourth-order valence-electron chi connectivity index (χ4n) is 3.85. The van der Waals surface area contributed by atoms with Gasteiger partial charge in [-0.15, -0.1) is 0 Å². The van der Waals surface area contributed by atoms with Gasteiger partial charge in [0.2, 0.25) is 0 Å². The van der Waals surface area contributed by atoms with Crippen LogP contribution >= 0.6 is 0 Å².